The van der Waals surface area contributed by atoms with Crippen molar-refractivity contribution in [2.45, 2.75) is 20.8 Å². The van der Waals surface area contributed by atoms with Gasteiger partial charge in [0.05, 0.1) is 11.5 Å². The number of amides is 1. The third-order valence-corrected chi connectivity index (χ3v) is 2.12. The van der Waals surface area contributed by atoms with Gasteiger partial charge < -0.3 is 0 Å². The van der Waals surface area contributed by atoms with Gasteiger partial charge in [0.2, 0.25) is 0 Å². The molecule has 98 valence electrons. The van der Waals surface area contributed by atoms with Gasteiger partial charge in [0.1, 0.15) is 0 Å². The van der Waals surface area contributed by atoms with Crippen LogP contribution in [0.5, 0.6) is 0 Å². The maximum Gasteiger partial charge on any atom is 0.275 e. The van der Waals surface area contributed by atoms with Crippen molar-refractivity contribution in [3.05, 3.63) is 39.4 Å². The number of carbonyl (C=O) groups is 1. The van der Waals surface area contributed by atoms with Crippen LogP contribution in [0.3, 0.4) is 0 Å². The van der Waals surface area contributed by atoms with Gasteiger partial charge in [-0.1, -0.05) is 13.8 Å². The minimum absolute atomic E-state index is 0.107. The Morgan fingerprint density at radius 1 is 1.44 bits per heavy atom. The van der Waals surface area contributed by atoms with Gasteiger partial charge in [-0.3, -0.25) is 19.7 Å². The van der Waals surface area contributed by atoms with Crippen molar-refractivity contribution in [2.24, 2.45) is 5.92 Å². The molecule has 1 aromatic rings. The van der Waals surface area contributed by atoms with E-state index in [9.17, 15) is 14.9 Å². The fourth-order valence-corrected chi connectivity index (χ4v) is 1.33. The highest BCUT2D eigenvalue weighted by molar-refractivity contribution is 5.94. The van der Waals surface area contributed by atoms with Crippen molar-refractivity contribution in [1.82, 2.24) is 5.48 Å². The van der Waals surface area contributed by atoms with Crippen molar-refractivity contribution in [2.75, 3.05) is 6.61 Å². The number of hydrogen-bond acceptors (Lipinski definition) is 4. The van der Waals surface area contributed by atoms with E-state index < -0.39 is 10.8 Å². The van der Waals surface area contributed by atoms with Gasteiger partial charge in [0.15, 0.2) is 0 Å². The third kappa shape index (κ3) is 4.14. The average molecular weight is 252 g/mol. The van der Waals surface area contributed by atoms with Gasteiger partial charge in [0.25, 0.3) is 11.6 Å². The highest BCUT2D eigenvalue weighted by atomic mass is 16.7. The van der Waals surface area contributed by atoms with Crippen LogP contribution >= 0.6 is 0 Å². The number of nitrogens with zero attached hydrogens (tertiary/aromatic N) is 1. The second-order valence-electron chi connectivity index (χ2n) is 4.45. The van der Waals surface area contributed by atoms with E-state index >= 15 is 0 Å². The standard InChI is InChI=1S/C12H16N2O4/c1-8(2)7-18-13-12(15)10-4-9(3)5-11(6-10)14(16)17/h4-6,8H,7H2,1-3H3,(H,13,15). The fraction of sp³-hybridized carbons (Fsp3) is 0.417. The number of nitro benzene ring substituents is 1. The number of nitro groups is 1. The minimum atomic E-state index is -0.529. The quantitative estimate of drug-likeness (QED) is 0.643. The first-order valence-electron chi connectivity index (χ1n) is 5.58. The van der Waals surface area contributed by atoms with E-state index in [2.05, 4.69) is 5.48 Å². The van der Waals surface area contributed by atoms with Crippen molar-refractivity contribution in [3.8, 4) is 0 Å². The highest BCUT2D eigenvalue weighted by Crippen LogP contribution is 2.16. The van der Waals surface area contributed by atoms with Gasteiger partial charge >= 0.3 is 0 Å². The smallest absolute Gasteiger partial charge is 0.273 e. The lowest BCUT2D eigenvalue weighted by Gasteiger charge is -2.08. The van der Waals surface area contributed by atoms with Crippen molar-refractivity contribution in [1.29, 1.82) is 0 Å². The molecule has 0 bridgehead atoms. The molecule has 6 heteroatoms. The Hall–Kier alpha value is -1.95. The number of nitrogens with one attached hydrogen (secondary N) is 1. The first-order chi connectivity index (χ1) is 8.40. The number of rotatable bonds is 5. The Kier molecular flexibility index (Phi) is 4.79. The van der Waals surface area contributed by atoms with Gasteiger partial charge in [-0.05, 0) is 24.5 Å². The molecule has 6 nitrogen and oxygen atoms in total. The monoisotopic (exact) mass is 252 g/mol. The molecule has 0 aliphatic rings. The van der Waals surface area contributed by atoms with Crippen LogP contribution in [0.4, 0.5) is 5.69 Å². The predicted octanol–water partition coefficient (Wildman–Crippen LogP) is 2.22. The molecule has 0 fully saturated rings. The van der Waals surface area contributed by atoms with E-state index in [4.69, 9.17) is 4.84 Å². The van der Waals surface area contributed by atoms with Crippen LogP contribution < -0.4 is 5.48 Å². The van der Waals surface area contributed by atoms with E-state index in [0.29, 0.717) is 12.2 Å². The van der Waals surface area contributed by atoms with E-state index in [-0.39, 0.29) is 17.2 Å². The molecule has 0 saturated heterocycles. The Bertz CT molecular complexity index is 457. The second kappa shape index (κ2) is 6.11. The van der Waals surface area contributed by atoms with Gasteiger partial charge in [-0.15, -0.1) is 0 Å². The number of benzene rings is 1. The normalized spacial score (nSPS) is 10.4. The Morgan fingerprint density at radius 3 is 2.67 bits per heavy atom. The molecule has 1 N–H and O–H groups in total. The van der Waals surface area contributed by atoms with Crippen molar-refractivity contribution in [3.63, 3.8) is 0 Å². The zero-order valence-corrected chi connectivity index (χ0v) is 10.6. The van der Waals surface area contributed by atoms with E-state index in [1.807, 2.05) is 13.8 Å². The number of hydrogen-bond donors (Lipinski definition) is 1. The molecule has 18 heavy (non-hydrogen) atoms. The molecule has 1 amide bonds. The molecule has 1 aromatic carbocycles. The lowest BCUT2D eigenvalue weighted by Crippen LogP contribution is -2.25. The maximum atomic E-state index is 11.7. The van der Waals surface area contributed by atoms with Crippen LogP contribution in [0.15, 0.2) is 18.2 Å². The van der Waals surface area contributed by atoms with E-state index in [0.717, 1.165) is 0 Å². The zero-order chi connectivity index (χ0) is 13.7. The summed E-state index contributed by atoms with van der Waals surface area (Å²) in [6, 6.07) is 4.20. The lowest BCUT2D eigenvalue weighted by molar-refractivity contribution is -0.384. The summed E-state index contributed by atoms with van der Waals surface area (Å²) in [4.78, 5) is 26.8. The molecule has 0 heterocycles. The zero-order valence-electron chi connectivity index (χ0n) is 10.6. The van der Waals surface area contributed by atoms with E-state index in [1.165, 1.54) is 12.1 Å². The summed E-state index contributed by atoms with van der Waals surface area (Å²) in [6.45, 7) is 5.98. The van der Waals surface area contributed by atoms with Crippen molar-refractivity contribution < 1.29 is 14.6 Å². The van der Waals surface area contributed by atoms with Crippen LogP contribution in [0.1, 0.15) is 29.8 Å². The third-order valence-electron chi connectivity index (χ3n) is 2.12. The Labute approximate surface area is 105 Å². The first-order valence-corrected chi connectivity index (χ1v) is 5.58. The topological polar surface area (TPSA) is 81.5 Å². The van der Waals surface area contributed by atoms with Gasteiger partial charge in [-0.2, -0.15) is 0 Å². The maximum absolute atomic E-state index is 11.7. The molecule has 0 aliphatic heterocycles. The molecule has 0 radical (unpaired) electrons. The van der Waals surface area contributed by atoms with Crippen LogP contribution in [0.25, 0.3) is 0 Å². The summed E-state index contributed by atoms with van der Waals surface area (Å²) >= 11 is 0. The van der Waals surface area contributed by atoms with Crippen LogP contribution in [0, 0.1) is 23.0 Å². The van der Waals surface area contributed by atoms with Gasteiger partial charge in [-0.25, -0.2) is 5.48 Å². The van der Waals surface area contributed by atoms with Crippen LogP contribution in [0.2, 0.25) is 0 Å². The summed E-state index contributed by atoms with van der Waals surface area (Å²) in [6.07, 6.45) is 0. The Balaban J connectivity index is 2.76. The molecule has 0 atom stereocenters. The lowest BCUT2D eigenvalue weighted by atomic mass is 10.1. The molecule has 0 saturated carbocycles. The first kappa shape index (κ1) is 14.1. The summed E-state index contributed by atoms with van der Waals surface area (Å²) in [5.41, 5.74) is 3.02. The molecule has 0 spiro atoms. The second-order valence-corrected chi connectivity index (χ2v) is 4.45. The average Bonchev–Trinajstić information content (AvgIpc) is 2.27. The Morgan fingerprint density at radius 2 is 2.11 bits per heavy atom. The molecular weight excluding hydrogens is 236 g/mol. The molecule has 1 rings (SSSR count). The van der Waals surface area contributed by atoms with Crippen molar-refractivity contribution >= 4 is 11.6 Å². The number of carbonyl (C=O) groups excluding carboxylic acids is 1. The SMILES string of the molecule is Cc1cc(C(=O)NOCC(C)C)cc([N+](=O)[O-])c1. The summed E-state index contributed by atoms with van der Waals surface area (Å²) in [5.74, 6) is -0.195. The summed E-state index contributed by atoms with van der Waals surface area (Å²) in [5, 5.41) is 10.7. The van der Waals surface area contributed by atoms with Gasteiger partial charge in [0, 0.05) is 17.7 Å². The number of non-ortho nitro benzene ring substituents is 1. The predicted molar refractivity (Wildman–Crippen MR) is 66.1 cm³/mol. The van der Waals surface area contributed by atoms with E-state index in [1.54, 1.807) is 13.0 Å². The number of hydroxylamine groups is 1. The van der Waals surface area contributed by atoms with Crippen LogP contribution in [-0.2, 0) is 4.84 Å². The largest absolute Gasteiger partial charge is 0.275 e. The molecular formula is C12H16N2O4. The summed E-state index contributed by atoms with van der Waals surface area (Å²) < 4.78 is 0. The van der Waals surface area contributed by atoms with Crippen LogP contribution in [-0.4, -0.2) is 17.4 Å². The summed E-state index contributed by atoms with van der Waals surface area (Å²) in [7, 11) is 0. The number of aryl methyl sites for hydroxylation is 1. The minimum Gasteiger partial charge on any atom is -0.273 e. The molecule has 0 aliphatic carbocycles. The highest BCUT2D eigenvalue weighted by Gasteiger charge is 2.13. The fourth-order valence-electron chi connectivity index (χ4n) is 1.33. The molecule has 0 aromatic heterocycles. The molecule has 0 unspecified atom stereocenters.